The molecule has 30 heavy (non-hydrogen) atoms. The zero-order chi connectivity index (χ0) is 21.1. The molecule has 2 aromatic carbocycles. The highest BCUT2D eigenvalue weighted by Gasteiger charge is 1.98. The fraction of sp³-hybridized carbons (Fsp3) is 0.600. The summed E-state index contributed by atoms with van der Waals surface area (Å²) < 4.78 is 0. The zero-order valence-corrected chi connectivity index (χ0v) is 19.7. The van der Waals surface area contributed by atoms with Gasteiger partial charge in [-0.15, -0.1) is 0 Å². The first kappa shape index (κ1) is 24.7. The van der Waals surface area contributed by atoms with E-state index in [-0.39, 0.29) is 0 Å². The van der Waals surface area contributed by atoms with Crippen molar-refractivity contribution in [3.8, 4) is 0 Å². The molecule has 0 aliphatic rings. The Labute approximate surface area is 187 Å². The van der Waals surface area contributed by atoms with Gasteiger partial charge in [0.15, 0.2) is 0 Å². The summed E-state index contributed by atoms with van der Waals surface area (Å²) in [7, 11) is 0. The van der Waals surface area contributed by atoms with Crippen LogP contribution in [0.4, 0.5) is 0 Å². The van der Waals surface area contributed by atoms with Gasteiger partial charge < -0.3 is 0 Å². The van der Waals surface area contributed by atoms with Crippen molar-refractivity contribution in [1.29, 1.82) is 0 Å². The highest BCUT2D eigenvalue weighted by Crippen LogP contribution is 2.18. The third kappa shape index (κ3) is 11.6. The van der Waals surface area contributed by atoms with E-state index in [9.17, 15) is 0 Å². The van der Waals surface area contributed by atoms with Crippen LogP contribution in [0.5, 0.6) is 0 Å². The number of rotatable bonds is 18. The summed E-state index contributed by atoms with van der Waals surface area (Å²) in [6.07, 6.45) is 28.3. The lowest BCUT2D eigenvalue weighted by molar-refractivity contribution is 0.541. The van der Waals surface area contributed by atoms with Crippen molar-refractivity contribution in [2.24, 2.45) is 0 Å². The van der Waals surface area contributed by atoms with Crippen LogP contribution in [0.3, 0.4) is 0 Å². The van der Waals surface area contributed by atoms with E-state index in [0.29, 0.717) is 0 Å². The molecule has 0 unspecified atom stereocenters. The molecule has 0 nitrogen and oxygen atoms in total. The molecule has 0 spiro atoms. The number of allylic oxidation sites excluding steroid dienone is 2. The van der Waals surface area contributed by atoms with Gasteiger partial charge in [0.05, 0.1) is 0 Å². The van der Waals surface area contributed by atoms with Crippen molar-refractivity contribution in [3.63, 3.8) is 0 Å². The first-order valence-corrected chi connectivity index (χ1v) is 13.0. The molecular weight excluding hydrogens is 360 g/mol. The Balaban J connectivity index is 1.33. The molecule has 0 aromatic heterocycles. The number of benzene rings is 2. The molecule has 2 aromatic rings. The van der Waals surface area contributed by atoms with E-state index >= 15 is 0 Å². The molecule has 0 saturated heterocycles. The van der Waals surface area contributed by atoms with Crippen molar-refractivity contribution in [2.75, 3.05) is 0 Å². The molecule has 0 atom stereocenters. The Hall–Kier alpha value is -1.56. The van der Waals surface area contributed by atoms with Crippen LogP contribution < -0.4 is 0 Å². The molecule has 0 bridgehead atoms. The van der Waals surface area contributed by atoms with E-state index in [2.05, 4.69) is 61.5 Å². The Morgan fingerprint density at radius 1 is 0.533 bits per heavy atom. The Morgan fingerprint density at radius 2 is 1.07 bits per heavy atom. The second-order valence-electron chi connectivity index (χ2n) is 9.08. The summed E-state index contributed by atoms with van der Waals surface area (Å²) in [5.74, 6) is 0. The summed E-state index contributed by atoms with van der Waals surface area (Å²) in [6, 6.07) is 15.7. The molecule has 0 fully saturated rings. The lowest BCUT2D eigenvalue weighted by Crippen LogP contribution is -1.87. The quantitative estimate of drug-likeness (QED) is 0.170. The summed E-state index contributed by atoms with van der Waals surface area (Å²) in [6.45, 7) is 2.27. The van der Waals surface area contributed by atoms with Crippen LogP contribution >= 0.6 is 0 Å². The van der Waals surface area contributed by atoms with E-state index in [0.717, 1.165) is 0 Å². The fourth-order valence-corrected chi connectivity index (χ4v) is 4.31. The fourth-order valence-electron chi connectivity index (χ4n) is 4.31. The number of aryl methyl sites for hydroxylation is 1. The number of unbranched alkanes of at least 4 members (excludes halogenated alkanes) is 14. The summed E-state index contributed by atoms with van der Waals surface area (Å²) in [5, 5.41) is 2.74. The van der Waals surface area contributed by atoms with Gasteiger partial charge in [-0.3, -0.25) is 0 Å². The average Bonchev–Trinajstić information content (AvgIpc) is 2.78. The maximum Gasteiger partial charge on any atom is -0.0181 e. The molecule has 0 aliphatic heterocycles. The van der Waals surface area contributed by atoms with Crippen molar-refractivity contribution in [2.45, 2.75) is 116 Å². The maximum absolute atomic E-state index is 2.40. The van der Waals surface area contributed by atoms with Crippen LogP contribution in [0.25, 0.3) is 10.8 Å². The Bertz CT molecular complexity index is 681. The second-order valence-corrected chi connectivity index (χ2v) is 9.08. The first-order valence-electron chi connectivity index (χ1n) is 13.0. The van der Waals surface area contributed by atoms with Gasteiger partial charge in [-0.1, -0.05) is 139 Å². The molecule has 166 valence electrons. The van der Waals surface area contributed by atoms with Crippen LogP contribution in [0, 0.1) is 0 Å². The molecule has 0 N–H and O–H groups in total. The van der Waals surface area contributed by atoms with E-state index < -0.39 is 0 Å². The number of hydrogen-bond donors (Lipinski definition) is 0. The minimum absolute atomic E-state index is 1.24. The molecule has 0 heteroatoms. The van der Waals surface area contributed by atoms with E-state index in [1.165, 1.54) is 125 Å². The van der Waals surface area contributed by atoms with E-state index in [1.807, 2.05) is 0 Å². The zero-order valence-electron chi connectivity index (χ0n) is 19.7. The lowest BCUT2D eigenvalue weighted by atomic mass is 10.0. The smallest absolute Gasteiger partial charge is 0.0181 e. The summed E-state index contributed by atoms with van der Waals surface area (Å²) >= 11 is 0. The molecule has 0 radical (unpaired) electrons. The Morgan fingerprint density at radius 3 is 1.70 bits per heavy atom. The first-order chi connectivity index (χ1) is 14.9. The number of fused-ring (bicyclic) bond motifs is 1. The standard InChI is InChI=1S/C30H46/c1-2-3-4-5-6-7-8-9-10-11-12-13-14-15-16-17-18-19-22-28-25-26-29-23-20-21-24-30(29)27-28/h5-6,20-21,23-27H,2-4,7-19,22H2,1H3/b6-5+. The molecular formula is C30H46. The third-order valence-electron chi connectivity index (χ3n) is 6.29. The molecule has 0 amide bonds. The second kappa shape index (κ2) is 17.2. The van der Waals surface area contributed by atoms with Gasteiger partial charge in [0.1, 0.15) is 0 Å². The van der Waals surface area contributed by atoms with Crippen molar-refractivity contribution < 1.29 is 0 Å². The van der Waals surface area contributed by atoms with Gasteiger partial charge >= 0.3 is 0 Å². The van der Waals surface area contributed by atoms with Crippen molar-refractivity contribution >= 4 is 10.8 Å². The van der Waals surface area contributed by atoms with Gasteiger partial charge in [0.2, 0.25) is 0 Å². The van der Waals surface area contributed by atoms with Gasteiger partial charge in [0, 0.05) is 0 Å². The monoisotopic (exact) mass is 406 g/mol. The topological polar surface area (TPSA) is 0 Å². The molecule has 0 saturated carbocycles. The van der Waals surface area contributed by atoms with Crippen LogP contribution in [0.2, 0.25) is 0 Å². The van der Waals surface area contributed by atoms with Crippen LogP contribution in [-0.4, -0.2) is 0 Å². The minimum Gasteiger partial charge on any atom is -0.0885 e. The van der Waals surface area contributed by atoms with Crippen LogP contribution in [-0.2, 0) is 6.42 Å². The predicted molar refractivity (Wildman–Crippen MR) is 136 cm³/mol. The highest BCUT2D eigenvalue weighted by molar-refractivity contribution is 5.82. The highest BCUT2D eigenvalue weighted by atomic mass is 14.0. The van der Waals surface area contributed by atoms with E-state index in [1.54, 1.807) is 0 Å². The van der Waals surface area contributed by atoms with Gasteiger partial charge in [-0.2, -0.15) is 0 Å². The summed E-state index contributed by atoms with van der Waals surface area (Å²) in [5.41, 5.74) is 1.50. The third-order valence-corrected chi connectivity index (χ3v) is 6.29. The lowest BCUT2D eigenvalue weighted by Gasteiger charge is -2.05. The molecule has 2 rings (SSSR count). The van der Waals surface area contributed by atoms with Gasteiger partial charge in [-0.05, 0) is 48.4 Å². The van der Waals surface area contributed by atoms with Crippen LogP contribution in [0.15, 0.2) is 54.6 Å². The maximum atomic E-state index is 2.40. The van der Waals surface area contributed by atoms with Gasteiger partial charge in [-0.25, -0.2) is 0 Å². The summed E-state index contributed by atoms with van der Waals surface area (Å²) in [4.78, 5) is 0. The molecule has 0 heterocycles. The van der Waals surface area contributed by atoms with Crippen molar-refractivity contribution in [3.05, 3.63) is 60.2 Å². The Kier molecular flexibility index (Phi) is 14.1. The predicted octanol–water partition coefficient (Wildman–Crippen LogP) is 10.2. The van der Waals surface area contributed by atoms with Crippen LogP contribution in [0.1, 0.15) is 115 Å². The SMILES string of the molecule is CCCC/C=C/CCCCCCCCCCCCCCc1ccc2ccccc2c1. The van der Waals surface area contributed by atoms with Gasteiger partial charge in [0.25, 0.3) is 0 Å². The number of hydrogen-bond acceptors (Lipinski definition) is 0. The average molecular weight is 407 g/mol. The van der Waals surface area contributed by atoms with Crippen molar-refractivity contribution in [1.82, 2.24) is 0 Å². The minimum atomic E-state index is 1.24. The normalized spacial score (nSPS) is 11.6. The molecule has 0 aliphatic carbocycles. The van der Waals surface area contributed by atoms with E-state index in [4.69, 9.17) is 0 Å². The largest absolute Gasteiger partial charge is 0.0885 e.